The van der Waals surface area contributed by atoms with Gasteiger partial charge >= 0.3 is 5.97 Å². The number of rotatable bonds is 7. The molecule has 0 spiro atoms. The van der Waals surface area contributed by atoms with Gasteiger partial charge in [-0.25, -0.2) is 27.0 Å². The van der Waals surface area contributed by atoms with Crippen LogP contribution in [0.5, 0.6) is 0 Å². The Morgan fingerprint density at radius 1 is 1.17 bits per heavy atom. The molecule has 0 fully saturated rings. The van der Waals surface area contributed by atoms with Gasteiger partial charge in [0.05, 0.1) is 50.4 Å². The van der Waals surface area contributed by atoms with Crippen LogP contribution in [0.25, 0.3) is 27.5 Å². The van der Waals surface area contributed by atoms with Crippen LogP contribution in [0.1, 0.15) is 27.8 Å². The van der Waals surface area contributed by atoms with Crippen LogP contribution < -0.4 is 16.0 Å². The van der Waals surface area contributed by atoms with Crippen molar-refractivity contribution in [2.24, 2.45) is 12.8 Å². The van der Waals surface area contributed by atoms with Crippen LogP contribution in [0.15, 0.2) is 53.3 Å². The molecule has 0 saturated heterocycles. The van der Waals surface area contributed by atoms with Gasteiger partial charge in [0.25, 0.3) is 5.56 Å². The van der Waals surface area contributed by atoms with E-state index in [2.05, 4.69) is 14.8 Å². The normalized spacial score (nSPS) is 12.6. The molecule has 0 aliphatic rings. The Balaban J connectivity index is 1.85. The number of para-hydroxylation sites is 1. The maximum absolute atomic E-state index is 14.0. The van der Waals surface area contributed by atoms with Crippen molar-refractivity contribution in [1.82, 2.24) is 19.3 Å². The number of hydrogen-bond acceptors (Lipinski definition) is 7. The van der Waals surface area contributed by atoms with Crippen molar-refractivity contribution in [3.8, 4) is 5.69 Å². The van der Waals surface area contributed by atoms with Crippen LogP contribution in [-0.4, -0.2) is 45.1 Å². The molecular formula is C26H21ClF2N6O5S. The van der Waals surface area contributed by atoms with Crippen LogP contribution in [-0.2, 0) is 23.5 Å². The Morgan fingerprint density at radius 3 is 2.49 bits per heavy atom. The Morgan fingerprint density at radius 2 is 1.85 bits per heavy atom. The fraction of sp³-hybridized carbons (Fsp3) is 0.154. The lowest BCUT2D eigenvalue weighted by Gasteiger charge is -2.20. The number of carboxylic acid groups (broad SMARTS) is 1. The molecule has 2 aromatic heterocycles. The van der Waals surface area contributed by atoms with E-state index < -0.39 is 39.2 Å². The molecule has 2 heterocycles. The van der Waals surface area contributed by atoms with Gasteiger partial charge in [0.2, 0.25) is 10.0 Å². The number of fused-ring (bicyclic) bond motifs is 2. The lowest BCUT2D eigenvalue weighted by Crippen LogP contribution is -2.30. The standard InChI is InChI=1S/C26H21ClF2N6O5S/c1-34-22-19(7-6-17(27)20(22)23(32-34)33-41(2,39)40)35-24(18(30)10-12-8-13(28)11-14(29)9-12)31-21-15(25(35)36)4-3-5-16(21)26(37)38/h3-9,11,18H,10,30H2,1-2H3,(H,32,33)(H,37,38)/t18-/m0/s1. The van der Waals surface area contributed by atoms with Crippen LogP contribution in [0.2, 0.25) is 5.02 Å². The Labute approximate surface area is 235 Å². The van der Waals surface area contributed by atoms with Gasteiger partial charge in [-0.2, -0.15) is 5.10 Å². The lowest BCUT2D eigenvalue weighted by molar-refractivity contribution is 0.0698. The zero-order chi connectivity index (χ0) is 29.8. The maximum Gasteiger partial charge on any atom is 0.337 e. The van der Waals surface area contributed by atoms with Gasteiger partial charge in [-0.1, -0.05) is 17.7 Å². The lowest BCUT2D eigenvalue weighted by atomic mass is 10.0. The highest BCUT2D eigenvalue weighted by atomic mass is 35.5. The van der Waals surface area contributed by atoms with Crippen molar-refractivity contribution in [3.05, 3.63) is 92.5 Å². The van der Waals surface area contributed by atoms with Gasteiger partial charge in [0.15, 0.2) is 5.82 Å². The van der Waals surface area contributed by atoms with Crippen molar-refractivity contribution >= 4 is 55.2 Å². The highest BCUT2D eigenvalue weighted by Crippen LogP contribution is 2.35. The third-order valence-corrected chi connectivity index (χ3v) is 7.18. The number of hydrogen-bond donors (Lipinski definition) is 3. The first-order chi connectivity index (χ1) is 19.2. The molecule has 0 aliphatic carbocycles. The van der Waals surface area contributed by atoms with E-state index in [0.29, 0.717) is 6.07 Å². The number of aryl methyl sites for hydroxylation is 1. The number of aromatic nitrogens is 4. The van der Waals surface area contributed by atoms with E-state index in [0.717, 1.165) is 23.0 Å². The molecule has 0 bridgehead atoms. The third kappa shape index (κ3) is 5.24. The molecule has 0 radical (unpaired) electrons. The van der Waals surface area contributed by atoms with Crippen molar-refractivity contribution in [1.29, 1.82) is 0 Å². The maximum atomic E-state index is 14.0. The van der Waals surface area contributed by atoms with Crippen molar-refractivity contribution < 1.29 is 27.1 Å². The third-order valence-electron chi connectivity index (χ3n) is 6.30. The second kappa shape index (κ2) is 10.2. The average Bonchev–Trinajstić information content (AvgIpc) is 3.18. The number of carboxylic acids is 1. The van der Waals surface area contributed by atoms with E-state index in [1.54, 1.807) is 0 Å². The quantitative estimate of drug-likeness (QED) is 0.255. The summed E-state index contributed by atoms with van der Waals surface area (Å²) in [6, 6.07) is 8.68. The molecule has 41 heavy (non-hydrogen) atoms. The van der Waals surface area contributed by atoms with Gasteiger partial charge in [-0.3, -0.25) is 18.8 Å². The highest BCUT2D eigenvalue weighted by molar-refractivity contribution is 7.92. The summed E-state index contributed by atoms with van der Waals surface area (Å²) in [6.07, 6.45) is 0.764. The number of nitrogens with two attached hydrogens (primary N) is 1. The topological polar surface area (TPSA) is 162 Å². The molecule has 15 heteroatoms. The van der Waals surface area contributed by atoms with Gasteiger partial charge in [-0.05, 0) is 48.4 Å². The van der Waals surface area contributed by atoms with E-state index in [9.17, 15) is 31.9 Å². The molecule has 0 aliphatic heterocycles. The minimum Gasteiger partial charge on any atom is -0.478 e. The highest BCUT2D eigenvalue weighted by Gasteiger charge is 2.26. The first kappa shape index (κ1) is 28.1. The molecule has 0 unspecified atom stereocenters. The monoisotopic (exact) mass is 602 g/mol. The number of nitrogens with one attached hydrogen (secondary N) is 1. The molecular weight excluding hydrogens is 582 g/mol. The zero-order valence-corrected chi connectivity index (χ0v) is 23.0. The van der Waals surface area contributed by atoms with Gasteiger partial charge in [0, 0.05) is 13.1 Å². The number of benzene rings is 3. The Kier molecular flexibility index (Phi) is 7.01. The van der Waals surface area contributed by atoms with Crippen molar-refractivity contribution in [2.75, 3.05) is 11.0 Å². The number of halogens is 3. The summed E-state index contributed by atoms with van der Waals surface area (Å²) in [5.41, 5.74) is 5.96. The predicted molar refractivity (Wildman–Crippen MR) is 149 cm³/mol. The first-order valence-corrected chi connectivity index (χ1v) is 14.1. The Hall–Kier alpha value is -4.40. The summed E-state index contributed by atoms with van der Waals surface area (Å²) in [7, 11) is -2.26. The molecule has 0 amide bonds. The second-order valence-electron chi connectivity index (χ2n) is 9.34. The van der Waals surface area contributed by atoms with Crippen LogP contribution in [0.3, 0.4) is 0 Å². The van der Waals surface area contributed by atoms with Gasteiger partial charge in [0.1, 0.15) is 17.5 Å². The summed E-state index contributed by atoms with van der Waals surface area (Å²) in [5.74, 6) is -3.20. The number of nitrogens with zero attached hydrogens (tertiary/aromatic N) is 4. The van der Waals surface area contributed by atoms with Crippen LogP contribution in [0, 0.1) is 11.6 Å². The van der Waals surface area contributed by atoms with Crippen LogP contribution >= 0.6 is 11.6 Å². The van der Waals surface area contributed by atoms with Crippen LogP contribution in [0.4, 0.5) is 14.6 Å². The molecule has 11 nitrogen and oxygen atoms in total. The Bertz CT molecular complexity index is 2040. The number of anilines is 1. The SMILES string of the molecule is Cn1nc(NS(C)(=O)=O)c2c(Cl)ccc(-n3c([C@@H](N)Cc4cc(F)cc(F)c4)nc4c(C(=O)O)cccc4c3=O)c21. The largest absolute Gasteiger partial charge is 0.478 e. The number of sulfonamides is 1. The molecule has 5 rings (SSSR count). The number of carbonyl (C=O) groups is 1. The van der Waals surface area contributed by atoms with E-state index in [4.69, 9.17) is 17.3 Å². The predicted octanol–water partition coefficient (Wildman–Crippen LogP) is 3.52. The summed E-state index contributed by atoms with van der Waals surface area (Å²) < 4.78 is 56.6. The molecule has 5 aromatic rings. The van der Waals surface area contributed by atoms with Gasteiger partial charge < -0.3 is 10.8 Å². The zero-order valence-electron chi connectivity index (χ0n) is 21.4. The average molecular weight is 603 g/mol. The fourth-order valence-electron chi connectivity index (χ4n) is 4.74. The molecule has 1 atom stereocenters. The van der Waals surface area contributed by atoms with E-state index in [-0.39, 0.29) is 61.7 Å². The minimum atomic E-state index is -3.76. The number of aromatic carboxylic acids is 1. The van der Waals surface area contributed by atoms with Gasteiger partial charge in [-0.15, -0.1) is 0 Å². The van der Waals surface area contributed by atoms with E-state index in [1.807, 2.05) is 0 Å². The molecule has 4 N–H and O–H groups in total. The molecule has 3 aromatic carbocycles. The smallest absolute Gasteiger partial charge is 0.337 e. The summed E-state index contributed by atoms with van der Waals surface area (Å²) in [5, 5.41) is 14.2. The molecule has 0 saturated carbocycles. The summed E-state index contributed by atoms with van der Waals surface area (Å²) in [6.45, 7) is 0. The fourth-order valence-corrected chi connectivity index (χ4v) is 5.48. The first-order valence-electron chi connectivity index (χ1n) is 11.9. The minimum absolute atomic E-state index is 0.0441. The van der Waals surface area contributed by atoms with E-state index in [1.165, 1.54) is 42.1 Å². The van der Waals surface area contributed by atoms with Crippen molar-refractivity contribution in [3.63, 3.8) is 0 Å². The second-order valence-corrected chi connectivity index (χ2v) is 11.5. The molecule has 212 valence electrons. The summed E-state index contributed by atoms with van der Waals surface area (Å²) >= 11 is 6.44. The van der Waals surface area contributed by atoms with Crippen molar-refractivity contribution in [2.45, 2.75) is 12.5 Å². The van der Waals surface area contributed by atoms with E-state index >= 15 is 0 Å². The summed E-state index contributed by atoms with van der Waals surface area (Å²) in [4.78, 5) is 30.5.